The number of hydrogen-bond donors (Lipinski definition) is 1. The molecule has 0 fully saturated rings. The van der Waals surface area contributed by atoms with Crippen LogP contribution in [0, 0.1) is 5.41 Å². The first-order valence-electron chi connectivity index (χ1n) is 4.56. The number of alkyl halides is 1. The van der Waals surface area contributed by atoms with E-state index in [1.807, 2.05) is 20.8 Å². The summed E-state index contributed by atoms with van der Waals surface area (Å²) in [5.74, 6) is 0.0158. The fraction of sp³-hybridized carbons (Fsp3) is 1.00. The molecular formula is C9H19BrO3S. The van der Waals surface area contributed by atoms with Crippen LogP contribution in [0.4, 0.5) is 0 Å². The number of sulfone groups is 1. The van der Waals surface area contributed by atoms with Crippen molar-refractivity contribution in [1.82, 2.24) is 0 Å². The molecule has 5 heteroatoms. The van der Waals surface area contributed by atoms with Crippen LogP contribution in [0.25, 0.3) is 0 Å². The Balaban J connectivity index is 5.18. The van der Waals surface area contributed by atoms with E-state index in [0.29, 0.717) is 0 Å². The van der Waals surface area contributed by atoms with Gasteiger partial charge in [-0.05, 0) is 12.3 Å². The Morgan fingerprint density at radius 3 is 1.86 bits per heavy atom. The lowest BCUT2D eigenvalue weighted by molar-refractivity contribution is 0.0560. The van der Waals surface area contributed by atoms with Gasteiger partial charge in [0, 0.05) is 5.75 Å². The van der Waals surface area contributed by atoms with Crippen LogP contribution >= 0.6 is 15.9 Å². The maximum absolute atomic E-state index is 11.7. The predicted molar refractivity (Wildman–Crippen MR) is 62.3 cm³/mol. The molecule has 0 spiro atoms. The zero-order valence-corrected chi connectivity index (χ0v) is 11.7. The Kier molecular flexibility index (Phi) is 4.21. The molecule has 1 N–H and O–H groups in total. The molecule has 0 aliphatic carbocycles. The minimum atomic E-state index is -3.31. The molecule has 14 heavy (non-hydrogen) atoms. The molecule has 0 aromatic heterocycles. The van der Waals surface area contributed by atoms with Gasteiger partial charge < -0.3 is 5.11 Å². The molecule has 0 aromatic carbocycles. The maximum atomic E-state index is 11.7. The topological polar surface area (TPSA) is 54.4 Å². The second-order valence-corrected chi connectivity index (χ2v) is 9.49. The molecule has 0 aromatic rings. The van der Waals surface area contributed by atoms with Crippen LogP contribution in [0.15, 0.2) is 0 Å². The first-order valence-corrected chi connectivity index (χ1v) is 7.00. The minimum Gasteiger partial charge on any atom is -0.390 e. The predicted octanol–water partition coefficient (Wildman–Crippen LogP) is 1.94. The van der Waals surface area contributed by atoms with Gasteiger partial charge in [0.1, 0.15) is 0 Å². The molecule has 0 heterocycles. The van der Waals surface area contributed by atoms with E-state index >= 15 is 0 Å². The molecule has 0 saturated carbocycles. The van der Waals surface area contributed by atoms with Crippen molar-refractivity contribution < 1.29 is 13.5 Å². The van der Waals surface area contributed by atoms with Gasteiger partial charge in [-0.15, -0.1) is 0 Å². The van der Waals surface area contributed by atoms with E-state index in [-0.39, 0.29) is 5.75 Å². The number of aliphatic hydroxyl groups is 1. The highest BCUT2D eigenvalue weighted by Gasteiger charge is 2.47. The number of halogens is 1. The standard InChI is InChI=1S/C9H19BrO3S/c1-6-14(12,13)9(5,10)7(11)8(2,3)4/h7,11H,6H2,1-5H3/t7-,9+/m0/s1. The van der Waals surface area contributed by atoms with Crippen molar-refractivity contribution >= 4 is 25.8 Å². The number of hydrogen-bond acceptors (Lipinski definition) is 3. The Morgan fingerprint density at radius 1 is 1.29 bits per heavy atom. The normalized spacial score (nSPS) is 20.2. The van der Waals surface area contributed by atoms with E-state index in [1.54, 1.807) is 6.92 Å². The molecule has 3 nitrogen and oxygen atoms in total. The molecule has 0 aliphatic rings. The van der Waals surface area contributed by atoms with Gasteiger partial charge in [0.15, 0.2) is 13.5 Å². The van der Waals surface area contributed by atoms with Crippen molar-refractivity contribution in [2.45, 2.75) is 44.4 Å². The fourth-order valence-corrected chi connectivity index (χ4v) is 3.86. The van der Waals surface area contributed by atoms with E-state index in [2.05, 4.69) is 15.9 Å². The lowest BCUT2D eigenvalue weighted by Crippen LogP contribution is -2.48. The molecule has 86 valence electrons. The highest BCUT2D eigenvalue weighted by molar-refractivity contribution is 9.11. The van der Waals surface area contributed by atoms with Crippen molar-refractivity contribution in [3.8, 4) is 0 Å². The first kappa shape index (κ1) is 14.4. The van der Waals surface area contributed by atoms with E-state index < -0.39 is 25.0 Å². The van der Waals surface area contributed by atoms with Gasteiger partial charge in [0.25, 0.3) is 0 Å². The molecular weight excluding hydrogens is 268 g/mol. The average molecular weight is 287 g/mol. The van der Waals surface area contributed by atoms with Gasteiger partial charge in [-0.25, -0.2) is 8.42 Å². The van der Waals surface area contributed by atoms with Crippen molar-refractivity contribution in [1.29, 1.82) is 0 Å². The highest BCUT2D eigenvalue weighted by atomic mass is 79.9. The Bertz CT molecular complexity index is 288. The summed E-state index contributed by atoms with van der Waals surface area (Å²) in [6, 6.07) is 0. The fourth-order valence-electron chi connectivity index (χ4n) is 1.23. The van der Waals surface area contributed by atoms with E-state index in [1.165, 1.54) is 6.92 Å². The average Bonchev–Trinajstić information content (AvgIpc) is 2.01. The summed E-state index contributed by atoms with van der Waals surface area (Å²) >= 11 is 3.13. The summed E-state index contributed by atoms with van der Waals surface area (Å²) in [6.45, 7) is 8.50. The Labute approximate surface area is 94.9 Å². The van der Waals surface area contributed by atoms with E-state index in [0.717, 1.165) is 0 Å². The summed E-state index contributed by atoms with van der Waals surface area (Å²) in [4.78, 5) is 0. The largest absolute Gasteiger partial charge is 0.390 e. The van der Waals surface area contributed by atoms with Crippen molar-refractivity contribution in [3.05, 3.63) is 0 Å². The van der Waals surface area contributed by atoms with Gasteiger partial charge in [-0.2, -0.15) is 0 Å². The zero-order valence-electron chi connectivity index (χ0n) is 9.33. The summed E-state index contributed by atoms with van der Waals surface area (Å²) in [7, 11) is -3.31. The van der Waals surface area contributed by atoms with Crippen LogP contribution in [0.2, 0.25) is 0 Å². The highest BCUT2D eigenvalue weighted by Crippen LogP contribution is 2.38. The summed E-state index contributed by atoms with van der Waals surface area (Å²) in [5.41, 5.74) is -0.472. The smallest absolute Gasteiger partial charge is 0.167 e. The van der Waals surface area contributed by atoms with Gasteiger partial charge in [0.2, 0.25) is 0 Å². The second-order valence-electron chi connectivity index (χ2n) is 4.66. The Hall–Kier alpha value is 0.390. The SMILES string of the molecule is CCS(=O)(=O)[C@@](C)(Br)[C@@H](O)C(C)(C)C. The molecule has 0 saturated heterocycles. The van der Waals surface area contributed by atoms with Gasteiger partial charge in [-0.1, -0.05) is 43.6 Å². The quantitative estimate of drug-likeness (QED) is 0.807. The van der Waals surface area contributed by atoms with E-state index in [4.69, 9.17) is 0 Å². The van der Waals surface area contributed by atoms with Crippen molar-refractivity contribution in [2.75, 3.05) is 5.75 Å². The molecule has 0 bridgehead atoms. The van der Waals surface area contributed by atoms with Crippen molar-refractivity contribution in [2.24, 2.45) is 5.41 Å². The lowest BCUT2D eigenvalue weighted by atomic mass is 9.87. The van der Waals surface area contributed by atoms with Gasteiger partial charge in [0.05, 0.1) is 6.10 Å². The summed E-state index contributed by atoms with van der Waals surface area (Å²) in [6.07, 6.45) is -0.944. The van der Waals surface area contributed by atoms with Crippen LogP contribution in [0.3, 0.4) is 0 Å². The van der Waals surface area contributed by atoms with Crippen LogP contribution in [0.5, 0.6) is 0 Å². The zero-order chi connectivity index (χ0) is 11.8. The molecule has 0 radical (unpaired) electrons. The molecule has 2 atom stereocenters. The van der Waals surface area contributed by atoms with Gasteiger partial charge in [-0.3, -0.25) is 0 Å². The van der Waals surface area contributed by atoms with Crippen LogP contribution in [-0.4, -0.2) is 29.0 Å². The van der Waals surface area contributed by atoms with Crippen molar-refractivity contribution in [3.63, 3.8) is 0 Å². The minimum absolute atomic E-state index is 0.0158. The number of aliphatic hydroxyl groups excluding tert-OH is 1. The first-order chi connectivity index (χ1) is 5.97. The summed E-state index contributed by atoms with van der Waals surface area (Å²) < 4.78 is 22.1. The molecule has 0 rings (SSSR count). The van der Waals surface area contributed by atoms with E-state index in [9.17, 15) is 13.5 Å². The molecule has 0 unspecified atom stereocenters. The van der Waals surface area contributed by atoms with Gasteiger partial charge >= 0.3 is 0 Å². The molecule has 0 aliphatic heterocycles. The lowest BCUT2D eigenvalue weighted by Gasteiger charge is -2.36. The Morgan fingerprint density at radius 2 is 1.64 bits per heavy atom. The maximum Gasteiger partial charge on any atom is 0.167 e. The molecule has 0 amide bonds. The van der Waals surface area contributed by atoms with Crippen LogP contribution in [-0.2, 0) is 9.84 Å². The third-order valence-corrected chi connectivity index (χ3v) is 6.41. The van der Waals surface area contributed by atoms with Crippen LogP contribution in [0.1, 0.15) is 34.6 Å². The third-order valence-electron chi connectivity index (χ3n) is 2.30. The van der Waals surface area contributed by atoms with Crippen LogP contribution < -0.4 is 0 Å². The number of rotatable bonds is 3. The third kappa shape index (κ3) is 2.70. The summed E-state index contributed by atoms with van der Waals surface area (Å²) in [5, 5.41) is 9.95. The second kappa shape index (κ2) is 4.10. The monoisotopic (exact) mass is 286 g/mol.